The predicted molar refractivity (Wildman–Crippen MR) is 561 cm³/mol. The minimum atomic E-state index is 0.901. The molecule has 0 fully saturated rings. The van der Waals surface area contributed by atoms with E-state index in [9.17, 15) is 0 Å². The Morgan fingerprint density at radius 1 is 0.142 bits per heavy atom. The van der Waals surface area contributed by atoms with Crippen LogP contribution in [0.5, 0.6) is 0 Å². The molecular weight excluding hydrogens is 1630 g/mol. The number of anilines is 6. The summed E-state index contributed by atoms with van der Waals surface area (Å²) in [5.74, 6) is 0. The number of rotatable bonds is 15. The number of hydrogen-bond acceptors (Lipinski definition) is 4. The molecule has 6 heterocycles. The van der Waals surface area contributed by atoms with Gasteiger partial charge in [0.1, 0.15) is 22.3 Å². The summed E-state index contributed by atoms with van der Waals surface area (Å²) in [5, 5.41) is 14.5. The van der Waals surface area contributed by atoms with Crippen LogP contribution in [0.4, 0.5) is 34.1 Å². The zero-order valence-corrected chi connectivity index (χ0v) is 72.8. The number of nitrogens with zero attached hydrogens (tertiary/aromatic N) is 6. The van der Waals surface area contributed by atoms with Gasteiger partial charge in [0, 0.05) is 133 Å². The highest BCUT2D eigenvalue weighted by Crippen LogP contribution is 2.47. The van der Waals surface area contributed by atoms with Crippen LogP contribution >= 0.6 is 0 Å². The van der Waals surface area contributed by atoms with E-state index in [2.05, 4.69) is 501 Å². The maximum Gasteiger partial charge on any atom is 0.143 e. The van der Waals surface area contributed by atoms with Crippen molar-refractivity contribution >= 4 is 165 Å². The van der Waals surface area contributed by atoms with Gasteiger partial charge in [0.05, 0.1) is 44.1 Å². The molecule has 0 saturated heterocycles. The van der Waals surface area contributed by atoms with Crippen LogP contribution in [0.25, 0.3) is 209 Å². The number of hydrogen-bond donors (Lipinski definition) is 0. The molecule has 0 N–H and O–H groups in total. The topological polar surface area (TPSA) is 52.5 Å². The molecule has 0 aliphatic rings. The SMILES string of the molecule is c1ccc(-n2c3ccccc3c3cc(-c4ccc(N(c5ccc(-c6ccc(-n7c8ccccc8c8ccccc87)cc6)cc5)c5ccc(-c6cccc7c6oc6ccccc67)cc5)cc4)ccc32)cc1.c1ccc(-n2c3ccccc3c3cc(-c4ccc(N(c5ccc(-c6cccc7c6oc6ccccc67)cc5)c5ccc(-n6c7ccccc7c7ccccc76)cc5)cc4)ccc32)cc1. The van der Waals surface area contributed by atoms with Crippen LogP contribution < -0.4 is 9.80 Å². The van der Waals surface area contributed by atoms with Gasteiger partial charge in [-0.1, -0.05) is 303 Å². The second-order valence-electron chi connectivity index (χ2n) is 34.6. The van der Waals surface area contributed by atoms with Gasteiger partial charge >= 0.3 is 0 Å². The van der Waals surface area contributed by atoms with Crippen molar-refractivity contribution in [1.29, 1.82) is 0 Å². The Bertz CT molecular complexity index is 9090. The summed E-state index contributed by atoms with van der Waals surface area (Å²) in [4.78, 5) is 4.70. The largest absolute Gasteiger partial charge is 0.455 e. The lowest BCUT2D eigenvalue weighted by molar-refractivity contribution is 0.669. The van der Waals surface area contributed by atoms with Crippen molar-refractivity contribution in [1.82, 2.24) is 18.3 Å². The molecule has 0 aliphatic heterocycles. The number of para-hydroxylation sites is 12. The van der Waals surface area contributed by atoms with Crippen LogP contribution in [-0.4, -0.2) is 18.3 Å². The Morgan fingerprint density at radius 3 is 0.679 bits per heavy atom. The average molecular weight is 1710 g/mol. The summed E-state index contributed by atoms with van der Waals surface area (Å²) in [7, 11) is 0. The molecule has 8 nitrogen and oxygen atoms in total. The van der Waals surface area contributed by atoms with Crippen LogP contribution in [0, 0.1) is 0 Å². The number of aromatic nitrogens is 4. The third kappa shape index (κ3) is 13.1. The molecule has 21 aromatic carbocycles. The average Bonchev–Trinajstić information content (AvgIpc) is 1.59. The van der Waals surface area contributed by atoms with E-state index in [-0.39, 0.29) is 0 Å². The first-order chi connectivity index (χ1) is 66.5. The van der Waals surface area contributed by atoms with Crippen LogP contribution in [-0.2, 0) is 0 Å². The second-order valence-corrected chi connectivity index (χ2v) is 34.6. The van der Waals surface area contributed by atoms with E-state index < -0.39 is 0 Å². The molecule has 0 spiro atoms. The Kier molecular flexibility index (Phi) is 18.5. The smallest absolute Gasteiger partial charge is 0.143 e. The highest BCUT2D eigenvalue weighted by Gasteiger charge is 2.24. The number of fused-ring (bicyclic) bond motifs is 18. The minimum absolute atomic E-state index is 0.901. The molecule has 0 unspecified atom stereocenters. The summed E-state index contributed by atoms with van der Waals surface area (Å²) in [6.07, 6.45) is 0. The first-order valence-electron chi connectivity index (χ1n) is 45.7. The second kappa shape index (κ2) is 32.0. The maximum absolute atomic E-state index is 6.46. The Balaban J connectivity index is 0.000000140. The quantitative estimate of drug-likeness (QED) is 0.103. The van der Waals surface area contributed by atoms with Crippen molar-refractivity contribution < 1.29 is 8.83 Å². The van der Waals surface area contributed by atoms with Crippen LogP contribution in [0.15, 0.2) is 506 Å². The molecule has 27 rings (SSSR count). The molecular formula is C126H82N6O2. The fourth-order valence-corrected chi connectivity index (χ4v) is 20.8. The van der Waals surface area contributed by atoms with E-state index in [1.165, 1.54) is 104 Å². The van der Waals surface area contributed by atoms with Gasteiger partial charge in [0.25, 0.3) is 0 Å². The zero-order valence-electron chi connectivity index (χ0n) is 72.8. The first kappa shape index (κ1) is 77.2. The molecule has 0 amide bonds. The lowest BCUT2D eigenvalue weighted by atomic mass is 10.0. The molecule has 134 heavy (non-hydrogen) atoms. The molecule has 0 aliphatic carbocycles. The van der Waals surface area contributed by atoms with Gasteiger partial charge in [0.2, 0.25) is 0 Å². The fourth-order valence-electron chi connectivity index (χ4n) is 20.8. The van der Waals surface area contributed by atoms with E-state index >= 15 is 0 Å². The maximum atomic E-state index is 6.46. The van der Waals surface area contributed by atoms with E-state index in [4.69, 9.17) is 8.83 Å². The van der Waals surface area contributed by atoms with Crippen LogP contribution in [0.1, 0.15) is 0 Å². The van der Waals surface area contributed by atoms with E-state index in [0.717, 1.165) is 140 Å². The van der Waals surface area contributed by atoms with Crippen molar-refractivity contribution in [3.63, 3.8) is 0 Å². The lowest BCUT2D eigenvalue weighted by Gasteiger charge is -2.26. The third-order valence-electron chi connectivity index (χ3n) is 27.1. The van der Waals surface area contributed by atoms with Gasteiger partial charge in [-0.25, -0.2) is 0 Å². The van der Waals surface area contributed by atoms with Crippen LogP contribution in [0.3, 0.4) is 0 Å². The van der Waals surface area contributed by atoms with Gasteiger partial charge in [-0.15, -0.1) is 0 Å². The standard InChI is InChI=1S/C66H43N3O.C60H39N3O/c1-2-13-49(14-3-1)68-63-23-10-6-17-57(63)60-43-48(33-42-64(60)68)46-29-36-51(37-30-46)67(52-40-31-47(32-41-52)54-19-12-20-59-58-18-7-11-24-65(58)70-66(54)59)50-34-25-44(26-35-50)45-27-38-53(39-28-45)69-61-21-8-4-15-55(61)56-16-5-9-22-62(56)69;1-2-13-43(14-3-1)62-57-23-10-6-17-51(57)54-39-42(29-38-58(54)62)40-25-30-44(31-26-40)61(45-32-27-41(28-33-45)48-19-12-20-53-52-18-7-11-24-59(52)64-60(48)53)46-34-36-47(37-35-46)63-55-21-8-4-15-49(55)50-16-5-9-22-56(50)63/h1-43H;1-39H. The Hall–Kier alpha value is -18.0. The summed E-state index contributed by atoms with van der Waals surface area (Å²) in [6.45, 7) is 0. The molecule has 628 valence electrons. The number of benzene rings is 21. The molecule has 0 bridgehead atoms. The highest BCUT2D eigenvalue weighted by atomic mass is 16.3. The van der Waals surface area contributed by atoms with Gasteiger partial charge in [-0.3, -0.25) is 0 Å². The lowest BCUT2D eigenvalue weighted by Crippen LogP contribution is -2.10. The summed E-state index contributed by atoms with van der Waals surface area (Å²) in [6, 6.07) is 179. The van der Waals surface area contributed by atoms with Crippen molar-refractivity contribution in [2.45, 2.75) is 0 Å². The monoisotopic (exact) mass is 1710 g/mol. The molecule has 0 atom stereocenters. The Labute approximate surface area is 772 Å². The van der Waals surface area contributed by atoms with Crippen LogP contribution in [0.2, 0.25) is 0 Å². The third-order valence-corrected chi connectivity index (χ3v) is 27.1. The molecule has 8 heteroatoms. The minimum Gasteiger partial charge on any atom is -0.455 e. The summed E-state index contributed by atoms with van der Waals surface area (Å²) in [5.41, 5.74) is 35.6. The zero-order chi connectivity index (χ0) is 88.3. The molecule has 0 saturated carbocycles. The summed E-state index contributed by atoms with van der Waals surface area (Å²) >= 11 is 0. The predicted octanol–water partition coefficient (Wildman–Crippen LogP) is 34.8. The van der Waals surface area contributed by atoms with Crippen molar-refractivity contribution in [2.75, 3.05) is 9.80 Å². The first-order valence-corrected chi connectivity index (χ1v) is 45.7. The molecule has 6 aromatic heterocycles. The van der Waals surface area contributed by atoms with Crippen molar-refractivity contribution in [2.24, 2.45) is 0 Å². The fraction of sp³-hybridized carbons (Fsp3) is 0. The number of furan rings is 2. The Morgan fingerprint density at radius 2 is 0.358 bits per heavy atom. The van der Waals surface area contributed by atoms with E-state index in [1.807, 2.05) is 24.3 Å². The van der Waals surface area contributed by atoms with E-state index in [1.54, 1.807) is 0 Å². The van der Waals surface area contributed by atoms with Gasteiger partial charge in [-0.2, -0.15) is 0 Å². The van der Waals surface area contributed by atoms with Gasteiger partial charge < -0.3 is 36.9 Å². The highest BCUT2D eigenvalue weighted by molar-refractivity contribution is 6.16. The molecule has 0 radical (unpaired) electrons. The molecule has 27 aromatic rings. The van der Waals surface area contributed by atoms with Crippen molar-refractivity contribution in [3.05, 3.63) is 497 Å². The van der Waals surface area contributed by atoms with Crippen molar-refractivity contribution in [3.8, 4) is 78.4 Å². The normalized spacial score (nSPS) is 11.7. The van der Waals surface area contributed by atoms with Gasteiger partial charge in [0.15, 0.2) is 0 Å². The summed E-state index contributed by atoms with van der Waals surface area (Å²) < 4.78 is 22.4. The van der Waals surface area contributed by atoms with E-state index in [0.29, 0.717) is 0 Å². The van der Waals surface area contributed by atoms with Gasteiger partial charge in [-0.05, 0) is 239 Å².